The van der Waals surface area contributed by atoms with Crippen molar-refractivity contribution in [2.45, 2.75) is 13.0 Å². The largest absolute Gasteiger partial charge is 0.341 e. The fourth-order valence-electron chi connectivity index (χ4n) is 2.68. The molecule has 134 valence electrons. The van der Waals surface area contributed by atoms with Crippen molar-refractivity contribution in [3.63, 3.8) is 0 Å². The first-order valence-electron chi connectivity index (χ1n) is 7.98. The van der Waals surface area contributed by atoms with Gasteiger partial charge in [0.1, 0.15) is 5.82 Å². The molecule has 8 heteroatoms. The predicted octanol–water partition coefficient (Wildman–Crippen LogP) is 2.81. The van der Waals surface area contributed by atoms with Crippen LogP contribution in [0.5, 0.6) is 0 Å². The summed E-state index contributed by atoms with van der Waals surface area (Å²) in [6, 6.07) is 11.1. The number of hydrogen-bond donors (Lipinski definition) is 3. The first kappa shape index (κ1) is 17.9. The van der Waals surface area contributed by atoms with Gasteiger partial charge in [-0.05, 0) is 37.3 Å². The van der Waals surface area contributed by atoms with Gasteiger partial charge in [0.15, 0.2) is 0 Å². The number of amides is 2. The van der Waals surface area contributed by atoms with Gasteiger partial charge < -0.3 is 16.4 Å². The minimum atomic E-state index is -0.485. The van der Waals surface area contributed by atoms with Gasteiger partial charge in [-0.15, -0.1) is 0 Å². The summed E-state index contributed by atoms with van der Waals surface area (Å²) in [4.78, 5) is 29.2. The molecule has 0 aliphatic carbocycles. The lowest BCUT2D eigenvalue weighted by atomic mass is 10.2. The van der Waals surface area contributed by atoms with Crippen molar-refractivity contribution in [1.82, 2.24) is 14.9 Å². The number of nitrogens with two attached hydrogens (primary N) is 1. The zero-order chi connectivity index (χ0) is 18.8. The smallest absolute Gasteiger partial charge is 0.318 e. The molecule has 1 atom stereocenters. The fourth-order valence-corrected chi connectivity index (χ4v) is 2.93. The topological polar surface area (TPSA) is 102 Å². The zero-order valence-electron chi connectivity index (χ0n) is 14.3. The summed E-state index contributed by atoms with van der Waals surface area (Å²) >= 11 is 6.22. The Kier molecular flexibility index (Phi) is 4.92. The number of benzene rings is 2. The number of aromatic nitrogens is 2. The van der Waals surface area contributed by atoms with E-state index >= 15 is 0 Å². The summed E-state index contributed by atoms with van der Waals surface area (Å²) in [5.41, 5.74) is 7.30. The minimum absolute atomic E-state index is 0.315. The summed E-state index contributed by atoms with van der Waals surface area (Å²) in [6.45, 7) is 1.75. The molecule has 4 N–H and O–H groups in total. The van der Waals surface area contributed by atoms with Crippen molar-refractivity contribution in [3.8, 4) is 5.69 Å². The van der Waals surface area contributed by atoms with Gasteiger partial charge >= 0.3 is 6.03 Å². The van der Waals surface area contributed by atoms with E-state index in [9.17, 15) is 9.59 Å². The third kappa shape index (κ3) is 3.26. The van der Waals surface area contributed by atoms with Crippen LogP contribution in [-0.2, 0) is 0 Å². The van der Waals surface area contributed by atoms with E-state index in [1.807, 2.05) is 0 Å². The summed E-state index contributed by atoms with van der Waals surface area (Å²) in [7, 11) is 1.52. The van der Waals surface area contributed by atoms with Gasteiger partial charge in [0.25, 0.3) is 5.56 Å². The van der Waals surface area contributed by atoms with Gasteiger partial charge in [-0.1, -0.05) is 23.7 Å². The number of fused-ring (bicyclic) bond motifs is 1. The van der Waals surface area contributed by atoms with E-state index in [4.69, 9.17) is 17.3 Å². The second kappa shape index (κ2) is 7.15. The molecular weight excluding hydrogens is 354 g/mol. The first-order valence-corrected chi connectivity index (χ1v) is 8.36. The molecule has 2 aromatic carbocycles. The number of nitrogens with one attached hydrogen (secondary N) is 2. The maximum Gasteiger partial charge on any atom is 0.318 e. The van der Waals surface area contributed by atoms with Crippen molar-refractivity contribution >= 4 is 34.2 Å². The number of hydrogen-bond acceptors (Lipinski definition) is 4. The van der Waals surface area contributed by atoms with Crippen LogP contribution < -0.4 is 21.9 Å². The normalized spacial score (nSPS) is 12.0. The second-order valence-corrected chi connectivity index (χ2v) is 6.19. The Balaban J connectivity index is 2.27. The van der Waals surface area contributed by atoms with Crippen molar-refractivity contribution in [3.05, 3.63) is 63.7 Å². The zero-order valence-corrected chi connectivity index (χ0v) is 15.0. The van der Waals surface area contributed by atoms with Crippen LogP contribution in [0.3, 0.4) is 0 Å². The number of carbonyl (C=O) groups excluding carboxylic acids is 1. The number of carbonyl (C=O) groups is 1. The van der Waals surface area contributed by atoms with Crippen molar-refractivity contribution in [1.29, 1.82) is 0 Å². The van der Waals surface area contributed by atoms with Crippen LogP contribution in [-0.4, -0.2) is 22.6 Å². The third-order valence-electron chi connectivity index (χ3n) is 3.87. The fraction of sp³-hybridized carbons (Fsp3) is 0.167. The molecule has 0 aliphatic heterocycles. The molecule has 0 spiro atoms. The van der Waals surface area contributed by atoms with Crippen LogP contribution in [0.2, 0.25) is 5.02 Å². The van der Waals surface area contributed by atoms with E-state index in [1.54, 1.807) is 49.4 Å². The monoisotopic (exact) mass is 371 g/mol. The van der Waals surface area contributed by atoms with Gasteiger partial charge in [0.05, 0.1) is 27.7 Å². The van der Waals surface area contributed by atoms with Gasteiger partial charge in [0, 0.05) is 12.7 Å². The van der Waals surface area contributed by atoms with Gasteiger partial charge in [-0.3, -0.25) is 9.36 Å². The molecule has 0 saturated carbocycles. The Bertz CT molecular complexity index is 1050. The highest BCUT2D eigenvalue weighted by Gasteiger charge is 2.17. The van der Waals surface area contributed by atoms with Gasteiger partial charge in [0.2, 0.25) is 0 Å². The highest BCUT2D eigenvalue weighted by Crippen LogP contribution is 2.23. The first-order chi connectivity index (χ1) is 12.4. The summed E-state index contributed by atoms with van der Waals surface area (Å²) < 4.78 is 1.42. The lowest BCUT2D eigenvalue weighted by Crippen LogP contribution is -2.28. The SMILES string of the molecule is CNC(=O)Nc1cccc(-n2c(C(C)N)nc3cccc(Cl)c3c2=O)c1. The average molecular weight is 372 g/mol. The molecule has 0 saturated heterocycles. The van der Waals surface area contributed by atoms with E-state index < -0.39 is 6.04 Å². The number of nitrogens with zero attached hydrogens (tertiary/aromatic N) is 2. The molecule has 0 bridgehead atoms. The minimum Gasteiger partial charge on any atom is -0.341 e. The molecule has 0 fully saturated rings. The van der Waals surface area contributed by atoms with E-state index in [2.05, 4.69) is 15.6 Å². The van der Waals surface area contributed by atoms with E-state index in [0.29, 0.717) is 33.1 Å². The maximum atomic E-state index is 13.1. The van der Waals surface area contributed by atoms with Crippen LogP contribution in [0.25, 0.3) is 16.6 Å². The van der Waals surface area contributed by atoms with Crippen molar-refractivity contribution < 1.29 is 4.79 Å². The molecule has 1 heterocycles. The highest BCUT2D eigenvalue weighted by atomic mass is 35.5. The molecule has 1 aromatic heterocycles. The van der Waals surface area contributed by atoms with E-state index in [0.717, 1.165) is 0 Å². The van der Waals surface area contributed by atoms with Gasteiger partial charge in [-0.25, -0.2) is 9.78 Å². The second-order valence-electron chi connectivity index (χ2n) is 5.79. The predicted molar refractivity (Wildman–Crippen MR) is 103 cm³/mol. The standard InChI is InChI=1S/C18H18ClN5O2/c1-10(20)16-23-14-8-4-7-13(19)15(14)17(25)24(16)12-6-3-5-11(9-12)22-18(26)21-2/h3-10H,20H2,1-2H3,(H2,21,22,26). The summed E-state index contributed by atoms with van der Waals surface area (Å²) in [5.74, 6) is 0.404. The summed E-state index contributed by atoms with van der Waals surface area (Å²) in [6.07, 6.45) is 0. The molecule has 1 unspecified atom stereocenters. The molecule has 0 aliphatic rings. The Hall–Kier alpha value is -2.90. The Morgan fingerprint density at radius 1 is 1.27 bits per heavy atom. The molecule has 7 nitrogen and oxygen atoms in total. The van der Waals surface area contributed by atoms with Crippen LogP contribution in [0, 0.1) is 0 Å². The molecule has 3 rings (SSSR count). The molecule has 0 radical (unpaired) electrons. The van der Waals surface area contributed by atoms with Gasteiger partial charge in [-0.2, -0.15) is 0 Å². The molecule has 2 amide bonds. The van der Waals surface area contributed by atoms with Crippen molar-refractivity contribution in [2.24, 2.45) is 5.73 Å². The quantitative estimate of drug-likeness (QED) is 0.658. The van der Waals surface area contributed by atoms with E-state index in [1.165, 1.54) is 11.6 Å². The number of anilines is 1. The number of rotatable bonds is 3. The average Bonchev–Trinajstić information content (AvgIpc) is 2.61. The molecule has 3 aromatic rings. The highest BCUT2D eigenvalue weighted by molar-refractivity contribution is 6.35. The molecule has 26 heavy (non-hydrogen) atoms. The van der Waals surface area contributed by atoms with Crippen LogP contribution in [0.4, 0.5) is 10.5 Å². The van der Waals surface area contributed by atoms with Crippen LogP contribution >= 0.6 is 11.6 Å². The lowest BCUT2D eigenvalue weighted by Gasteiger charge is -2.17. The number of halogens is 1. The number of urea groups is 1. The Morgan fingerprint density at radius 2 is 2.00 bits per heavy atom. The Morgan fingerprint density at radius 3 is 2.69 bits per heavy atom. The lowest BCUT2D eigenvalue weighted by molar-refractivity contribution is 0.254. The van der Waals surface area contributed by atoms with Crippen LogP contribution in [0.1, 0.15) is 18.8 Å². The third-order valence-corrected chi connectivity index (χ3v) is 4.18. The van der Waals surface area contributed by atoms with Crippen molar-refractivity contribution in [2.75, 3.05) is 12.4 Å². The Labute approximate surface area is 154 Å². The maximum absolute atomic E-state index is 13.1. The van der Waals surface area contributed by atoms with E-state index in [-0.39, 0.29) is 11.6 Å². The molecular formula is C18H18ClN5O2. The van der Waals surface area contributed by atoms with Crippen LogP contribution in [0.15, 0.2) is 47.3 Å². The summed E-state index contributed by atoms with van der Waals surface area (Å²) in [5, 5.41) is 5.80.